The second-order valence-electron chi connectivity index (χ2n) is 6.72. The monoisotopic (exact) mass is 336 g/mol. The van der Waals surface area contributed by atoms with Gasteiger partial charge in [0.2, 0.25) is 5.91 Å². The number of aryl methyl sites for hydroxylation is 1. The first-order valence-corrected chi connectivity index (χ1v) is 8.20. The number of nitrogens with one attached hydrogen (secondary N) is 1. The average Bonchev–Trinajstić information content (AvgIpc) is 2.67. The van der Waals surface area contributed by atoms with Crippen LogP contribution in [0.2, 0.25) is 0 Å². The van der Waals surface area contributed by atoms with Gasteiger partial charge in [0.05, 0.1) is 12.1 Å². The Morgan fingerprint density at radius 2 is 2.25 bits per heavy atom. The molecule has 2 fully saturated rings. The van der Waals surface area contributed by atoms with E-state index in [9.17, 15) is 9.59 Å². The highest BCUT2D eigenvalue weighted by atomic mass is 16.7. The van der Waals surface area contributed by atoms with Crippen LogP contribution < -0.4 is 11.0 Å². The molecule has 8 heteroatoms. The maximum atomic E-state index is 12.5. The summed E-state index contributed by atoms with van der Waals surface area (Å²) >= 11 is 0. The van der Waals surface area contributed by atoms with E-state index in [1.54, 1.807) is 18.2 Å². The normalized spacial score (nSPS) is 32.8. The number of ether oxygens (including phenoxy) is 1. The lowest BCUT2D eigenvalue weighted by Gasteiger charge is -2.40. The van der Waals surface area contributed by atoms with Crippen LogP contribution in [0.1, 0.15) is 39.0 Å². The zero-order valence-corrected chi connectivity index (χ0v) is 14.7. The third-order valence-electron chi connectivity index (χ3n) is 5.05. The van der Waals surface area contributed by atoms with Crippen molar-refractivity contribution in [1.82, 2.24) is 14.6 Å². The van der Waals surface area contributed by atoms with Gasteiger partial charge in [0.15, 0.2) is 6.23 Å². The highest BCUT2D eigenvalue weighted by Crippen LogP contribution is 2.48. The quantitative estimate of drug-likeness (QED) is 0.889. The van der Waals surface area contributed by atoms with Crippen LogP contribution in [0, 0.1) is 12.8 Å². The molecule has 1 aromatic heterocycles. The Labute approximate surface area is 140 Å². The van der Waals surface area contributed by atoms with Crippen molar-refractivity contribution in [1.29, 1.82) is 0 Å². The predicted octanol–water partition coefficient (Wildman–Crippen LogP) is 1.07. The molecule has 8 nitrogen and oxygen atoms in total. The molecular weight excluding hydrogens is 312 g/mol. The molecule has 0 radical (unpaired) electrons. The Hall–Kier alpha value is -1.77. The number of nitrogens with zero attached hydrogens (tertiary/aromatic N) is 3. The number of likely N-dealkylation sites (N-methyl/N-ethyl adjacent to an activating group) is 1. The van der Waals surface area contributed by atoms with E-state index in [1.807, 2.05) is 7.05 Å². The highest BCUT2D eigenvalue weighted by molar-refractivity contribution is 5.88. The van der Waals surface area contributed by atoms with Crippen LogP contribution in [0.4, 0.5) is 5.82 Å². The van der Waals surface area contributed by atoms with Gasteiger partial charge in [0.25, 0.3) is 0 Å². The van der Waals surface area contributed by atoms with Crippen LogP contribution >= 0.6 is 0 Å². The number of aromatic nitrogens is 2. The van der Waals surface area contributed by atoms with E-state index in [0.29, 0.717) is 12.1 Å². The van der Waals surface area contributed by atoms with E-state index in [4.69, 9.17) is 9.57 Å². The summed E-state index contributed by atoms with van der Waals surface area (Å²) in [6.07, 6.45) is 1.72. The number of fused-ring (bicyclic) bond motifs is 2. The van der Waals surface area contributed by atoms with Crippen molar-refractivity contribution in [2.45, 2.75) is 52.0 Å². The first-order chi connectivity index (χ1) is 11.3. The van der Waals surface area contributed by atoms with Gasteiger partial charge in [0.1, 0.15) is 11.9 Å². The van der Waals surface area contributed by atoms with Crippen molar-refractivity contribution in [2.24, 2.45) is 5.92 Å². The van der Waals surface area contributed by atoms with Crippen molar-refractivity contribution in [3.63, 3.8) is 0 Å². The summed E-state index contributed by atoms with van der Waals surface area (Å²) in [4.78, 5) is 33.6. The molecule has 3 heterocycles. The number of hydrogen-bond donors (Lipinski definition) is 1. The molecular formula is C16H24N4O4. The van der Waals surface area contributed by atoms with E-state index in [2.05, 4.69) is 24.1 Å². The van der Waals surface area contributed by atoms with Gasteiger partial charge in [-0.1, -0.05) is 13.8 Å². The van der Waals surface area contributed by atoms with Crippen LogP contribution in [0.15, 0.2) is 11.0 Å². The minimum absolute atomic E-state index is 0.158. The molecule has 0 spiro atoms. The van der Waals surface area contributed by atoms with Gasteiger partial charge in [-0.05, 0) is 13.3 Å². The Balaban J connectivity index is 1.99. The van der Waals surface area contributed by atoms with E-state index in [1.165, 1.54) is 11.5 Å². The molecule has 0 aromatic carbocycles. The molecule has 1 aromatic rings. The molecule has 24 heavy (non-hydrogen) atoms. The number of anilines is 1. The lowest BCUT2D eigenvalue weighted by atomic mass is 9.83. The van der Waals surface area contributed by atoms with Crippen LogP contribution in [0.25, 0.3) is 0 Å². The van der Waals surface area contributed by atoms with Gasteiger partial charge < -0.3 is 10.1 Å². The van der Waals surface area contributed by atoms with Crippen LogP contribution in [-0.4, -0.2) is 45.8 Å². The second-order valence-corrected chi connectivity index (χ2v) is 6.72. The maximum absolute atomic E-state index is 12.5. The number of hydroxylamine groups is 2. The van der Waals surface area contributed by atoms with Gasteiger partial charge >= 0.3 is 5.69 Å². The van der Waals surface area contributed by atoms with Gasteiger partial charge in [-0.3, -0.25) is 14.2 Å². The van der Waals surface area contributed by atoms with Gasteiger partial charge in [0, 0.05) is 31.6 Å². The largest absolute Gasteiger partial charge is 0.351 e. The van der Waals surface area contributed by atoms with Crippen LogP contribution in [0.3, 0.4) is 0 Å². The Morgan fingerprint density at radius 1 is 1.54 bits per heavy atom. The molecule has 4 atom stereocenters. The third-order valence-corrected chi connectivity index (χ3v) is 5.05. The maximum Gasteiger partial charge on any atom is 0.351 e. The molecule has 2 aliphatic heterocycles. The van der Waals surface area contributed by atoms with Crippen molar-refractivity contribution in [3.8, 4) is 0 Å². The number of carbonyl (C=O) groups excluding carboxylic acids is 1. The van der Waals surface area contributed by atoms with Crippen molar-refractivity contribution < 1.29 is 14.4 Å². The van der Waals surface area contributed by atoms with Gasteiger partial charge in [-0.25, -0.2) is 4.79 Å². The summed E-state index contributed by atoms with van der Waals surface area (Å²) in [5.74, 6) is 0.172. The SMILES string of the molecule is CC[C@@]12CN(C)OC([C@H](n3cc(C)c(NC(C)=O)nc3=O)O1)[C@H]2C. The molecule has 2 saturated heterocycles. The van der Waals surface area contributed by atoms with E-state index in [0.717, 1.165) is 6.42 Å². The van der Waals surface area contributed by atoms with Crippen molar-refractivity contribution in [3.05, 3.63) is 22.2 Å². The molecule has 0 aliphatic carbocycles. The lowest BCUT2D eigenvalue weighted by Crippen LogP contribution is -2.52. The molecule has 0 saturated carbocycles. The fourth-order valence-corrected chi connectivity index (χ4v) is 3.68. The topological polar surface area (TPSA) is 85.7 Å². The van der Waals surface area contributed by atoms with Gasteiger partial charge in [-0.2, -0.15) is 10.0 Å². The smallest absolute Gasteiger partial charge is 0.347 e. The summed E-state index contributed by atoms with van der Waals surface area (Å²) in [5, 5.41) is 4.35. The summed E-state index contributed by atoms with van der Waals surface area (Å²) in [6.45, 7) is 8.01. The third kappa shape index (κ3) is 2.64. The number of rotatable bonds is 3. The Kier molecular flexibility index (Phi) is 4.23. The standard InChI is InChI=1S/C16H24N4O4/c1-6-16-8-19(5)24-12(10(16)3)14(23-16)20-7-9(2)13(17-11(4)21)18-15(20)22/h7,10,12,14H,6,8H2,1-5H3,(H,17,18,21,22)/t10-,12?,14-,16+/m1/s1. The molecule has 2 aliphatic rings. The average molecular weight is 336 g/mol. The minimum Gasteiger partial charge on any atom is -0.347 e. The number of carbonyl (C=O) groups is 1. The Bertz CT molecular complexity index is 719. The number of hydrogen-bond acceptors (Lipinski definition) is 6. The molecule has 132 valence electrons. The zero-order valence-electron chi connectivity index (χ0n) is 14.7. The van der Waals surface area contributed by atoms with Gasteiger partial charge in [-0.15, -0.1) is 0 Å². The first-order valence-electron chi connectivity index (χ1n) is 8.20. The van der Waals surface area contributed by atoms with E-state index < -0.39 is 11.9 Å². The molecule has 2 bridgehead atoms. The number of amides is 1. The molecule has 1 N–H and O–H groups in total. The fraction of sp³-hybridized carbons (Fsp3) is 0.688. The first kappa shape index (κ1) is 17.1. The summed E-state index contributed by atoms with van der Waals surface area (Å²) in [6, 6.07) is 0. The minimum atomic E-state index is -0.532. The molecule has 1 unspecified atom stereocenters. The second kappa shape index (κ2) is 5.94. The summed E-state index contributed by atoms with van der Waals surface area (Å²) in [7, 11) is 1.88. The molecule has 1 amide bonds. The van der Waals surface area contributed by atoms with E-state index >= 15 is 0 Å². The summed E-state index contributed by atoms with van der Waals surface area (Å²) in [5.41, 5.74) is -0.112. The highest BCUT2D eigenvalue weighted by Gasteiger charge is 2.57. The van der Waals surface area contributed by atoms with Crippen molar-refractivity contribution >= 4 is 11.7 Å². The fourth-order valence-electron chi connectivity index (χ4n) is 3.68. The molecule has 3 rings (SSSR count). The Morgan fingerprint density at radius 3 is 2.88 bits per heavy atom. The van der Waals surface area contributed by atoms with E-state index in [-0.39, 0.29) is 29.3 Å². The van der Waals surface area contributed by atoms with Crippen LogP contribution in [0.5, 0.6) is 0 Å². The lowest BCUT2D eigenvalue weighted by molar-refractivity contribution is -0.233. The van der Waals surface area contributed by atoms with Crippen molar-refractivity contribution in [2.75, 3.05) is 18.9 Å². The summed E-state index contributed by atoms with van der Waals surface area (Å²) < 4.78 is 7.79. The van der Waals surface area contributed by atoms with Crippen LogP contribution in [-0.2, 0) is 14.4 Å². The predicted molar refractivity (Wildman–Crippen MR) is 87.3 cm³/mol. The zero-order chi connectivity index (χ0) is 17.6.